The first kappa shape index (κ1) is 33.2. The molecule has 1 spiro atoms. The van der Waals surface area contributed by atoms with E-state index in [1.165, 1.54) is 0 Å². The number of fused-ring (bicyclic) bond motifs is 3. The summed E-state index contributed by atoms with van der Waals surface area (Å²) >= 11 is 0. The number of hydrogen-bond donors (Lipinski definition) is 0. The Morgan fingerprint density at radius 2 is 1.55 bits per heavy atom. The van der Waals surface area contributed by atoms with Gasteiger partial charge in [0.25, 0.3) is 6.10 Å². The molecule has 6 atom stereocenters. The lowest BCUT2D eigenvalue weighted by molar-refractivity contribution is -0.315. The van der Waals surface area contributed by atoms with Gasteiger partial charge in [-0.3, -0.25) is 9.59 Å². The molecule has 0 aromatic heterocycles. The molecule has 0 aromatic rings. The smallest absolute Gasteiger partial charge is 0.434 e. The van der Waals surface area contributed by atoms with E-state index < -0.39 is 72.3 Å². The Bertz CT molecular complexity index is 964. The van der Waals surface area contributed by atoms with Gasteiger partial charge in [-0.25, -0.2) is 0 Å². The third-order valence-electron chi connectivity index (χ3n) is 8.62. The average molecular weight is 621 g/mol. The SMILES string of the molecule is CC(C)CC(C)(C(=O)OC1COCOC2C1OC1OC3(CCC(C(=O)OC(C(F)(F)F)C(F)(F)F)CC3)OC12)C(C)C. The van der Waals surface area contributed by atoms with E-state index in [1.54, 1.807) is 0 Å². The average Bonchev–Trinajstić information content (AvgIpc) is 3.29. The molecule has 1 aliphatic carbocycles. The molecule has 3 saturated heterocycles. The van der Waals surface area contributed by atoms with Crippen molar-refractivity contribution < 1.29 is 69.1 Å². The summed E-state index contributed by atoms with van der Waals surface area (Å²) in [6.07, 6.45) is -19.4. The van der Waals surface area contributed by atoms with Gasteiger partial charge in [0, 0.05) is 12.8 Å². The van der Waals surface area contributed by atoms with Crippen LogP contribution in [0.3, 0.4) is 0 Å². The predicted molar refractivity (Wildman–Crippen MR) is 129 cm³/mol. The lowest BCUT2D eigenvalue weighted by Crippen LogP contribution is -2.48. The van der Waals surface area contributed by atoms with Crippen LogP contribution in [0.4, 0.5) is 26.3 Å². The second kappa shape index (κ2) is 12.0. The Hall–Kier alpha value is -1.68. The number of hydrogen-bond acceptors (Lipinski definition) is 9. The van der Waals surface area contributed by atoms with E-state index in [-0.39, 0.29) is 56.9 Å². The minimum absolute atomic E-state index is 0.0000749. The standard InChI is InChI=1S/C27H38F6O9/c1-13(2)10-24(5,14(3)4)23(35)38-16-11-36-12-37-18-17(16)39-21-19(18)41-25(42-21)8-6-15(7-9-25)20(34)40-22(26(28,29)30)27(31,32)33/h13-19,21-22H,6-12H2,1-5H3. The van der Waals surface area contributed by atoms with Crippen molar-refractivity contribution in [1.29, 1.82) is 0 Å². The number of carbonyl (C=O) groups is 2. The van der Waals surface area contributed by atoms with Crippen LogP contribution in [0.2, 0.25) is 0 Å². The molecule has 242 valence electrons. The number of halogens is 6. The van der Waals surface area contributed by atoms with Crippen molar-refractivity contribution in [1.82, 2.24) is 0 Å². The summed E-state index contributed by atoms with van der Waals surface area (Å²) in [7, 11) is 0. The molecule has 9 nitrogen and oxygen atoms in total. The number of esters is 2. The summed E-state index contributed by atoms with van der Waals surface area (Å²) in [4.78, 5) is 25.6. The van der Waals surface area contributed by atoms with Gasteiger partial charge in [-0.05, 0) is 38.0 Å². The molecule has 4 aliphatic rings. The van der Waals surface area contributed by atoms with Gasteiger partial charge in [0.1, 0.15) is 25.1 Å². The molecule has 0 radical (unpaired) electrons. The fraction of sp³-hybridized carbons (Fsp3) is 0.926. The predicted octanol–water partition coefficient (Wildman–Crippen LogP) is 5.04. The Balaban J connectivity index is 1.37. The van der Waals surface area contributed by atoms with Gasteiger partial charge < -0.3 is 33.2 Å². The number of carbonyl (C=O) groups excluding carboxylic acids is 2. The first-order valence-corrected chi connectivity index (χ1v) is 14.1. The molecule has 3 aliphatic heterocycles. The normalized spacial score (nSPS) is 35.2. The van der Waals surface area contributed by atoms with Crippen LogP contribution in [0.1, 0.15) is 66.7 Å². The van der Waals surface area contributed by atoms with Crippen molar-refractivity contribution in [2.75, 3.05) is 13.4 Å². The molecule has 1 saturated carbocycles. The zero-order valence-electron chi connectivity index (χ0n) is 24.1. The van der Waals surface area contributed by atoms with Gasteiger partial charge in [0.2, 0.25) is 0 Å². The lowest BCUT2D eigenvalue weighted by Gasteiger charge is -2.37. The van der Waals surface area contributed by atoms with Crippen LogP contribution in [-0.2, 0) is 42.7 Å². The number of rotatable bonds is 7. The molecule has 3 heterocycles. The summed E-state index contributed by atoms with van der Waals surface area (Å²) in [5.74, 6) is -4.19. The van der Waals surface area contributed by atoms with Gasteiger partial charge in [-0.1, -0.05) is 27.7 Å². The van der Waals surface area contributed by atoms with Crippen molar-refractivity contribution in [3.63, 3.8) is 0 Å². The van der Waals surface area contributed by atoms with Crippen LogP contribution in [0.15, 0.2) is 0 Å². The highest BCUT2D eigenvalue weighted by atomic mass is 19.4. The first-order valence-electron chi connectivity index (χ1n) is 14.1. The maximum atomic E-state index is 13.4. The molecule has 0 amide bonds. The molecule has 4 fully saturated rings. The fourth-order valence-corrected chi connectivity index (χ4v) is 6.07. The van der Waals surface area contributed by atoms with Crippen LogP contribution in [-0.4, -0.2) is 80.3 Å². The van der Waals surface area contributed by atoms with E-state index in [1.807, 2.05) is 34.6 Å². The molecule has 0 N–H and O–H groups in total. The number of ether oxygens (including phenoxy) is 7. The fourth-order valence-electron chi connectivity index (χ4n) is 6.07. The lowest BCUT2D eigenvalue weighted by atomic mass is 9.73. The van der Waals surface area contributed by atoms with Crippen LogP contribution < -0.4 is 0 Å². The van der Waals surface area contributed by atoms with E-state index in [0.717, 1.165) is 0 Å². The molecule has 0 aromatic carbocycles. The van der Waals surface area contributed by atoms with Crippen LogP contribution in [0.5, 0.6) is 0 Å². The topological polar surface area (TPSA) is 98.8 Å². The van der Waals surface area contributed by atoms with E-state index in [0.29, 0.717) is 6.42 Å². The van der Waals surface area contributed by atoms with E-state index in [9.17, 15) is 35.9 Å². The molecule has 15 heteroatoms. The molecular weight excluding hydrogens is 582 g/mol. The maximum absolute atomic E-state index is 13.4. The molecule has 4 rings (SSSR count). The first-order chi connectivity index (χ1) is 19.4. The van der Waals surface area contributed by atoms with E-state index in [2.05, 4.69) is 4.74 Å². The molecule has 42 heavy (non-hydrogen) atoms. The number of alkyl halides is 6. The van der Waals surface area contributed by atoms with Crippen molar-refractivity contribution in [2.45, 2.75) is 122 Å². The van der Waals surface area contributed by atoms with Gasteiger partial charge >= 0.3 is 24.3 Å². The summed E-state index contributed by atoms with van der Waals surface area (Å²) in [5, 5.41) is 0. The van der Waals surface area contributed by atoms with Crippen molar-refractivity contribution in [2.24, 2.45) is 23.2 Å². The largest absolute Gasteiger partial charge is 0.457 e. The Morgan fingerprint density at radius 1 is 0.929 bits per heavy atom. The third kappa shape index (κ3) is 6.84. The van der Waals surface area contributed by atoms with Gasteiger partial charge in [-0.15, -0.1) is 0 Å². The van der Waals surface area contributed by atoms with Gasteiger partial charge in [-0.2, -0.15) is 26.3 Å². The summed E-state index contributed by atoms with van der Waals surface area (Å²) in [5.41, 5.74) is -0.748. The quantitative estimate of drug-likeness (QED) is 0.286. The zero-order valence-corrected chi connectivity index (χ0v) is 24.1. The van der Waals surface area contributed by atoms with Crippen molar-refractivity contribution in [3.8, 4) is 0 Å². The minimum atomic E-state index is -5.79. The maximum Gasteiger partial charge on any atom is 0.434 e. The van der Waals surface area contributed by atoms with Crippen LogP contribution in [0, 0.1) is 23.2 Å². The monoisotopic (exact) mass is 620 g/mol. The third-order valence-corrected chi connectivity index (χ3v) is 8.62. The second-order valence-electron chi connectivity index (χ2n) is 12.5. The summed E-state index contributed by atoms with van der Waals surface area (Å²) in [6.45, 7) is 9.72. The molecule has 0 bridgehead atoms. The van der Waals surface area contributed by atoms with Crippen molar-refractivity contribution in [3.05, 3.63) is 0 Å². The van der Waals surface area contributed by atoms with E-state index >= 15 is 0 Å². The van der Waals surface area contributed by atoms with Crippen molar-refractivity contribution >= 4 is 11.9 Å². The zero-order chi connectivity index (χ0) is 31.3. The highest BCUT2D eigenvalue weighted by Gasteiger charge is 2.63. The Labute approximate surface area is 239 Å². The second-order valence-corrected chi connectivity index (χ2v) is 12.5. The molecule has 6 unspecified atom stereocenters. The van der Waals surface area contributed by atoms with Crippen LogP contribution >= 0.6 is 0 Å². The van der Waals surface area contributed by atoms with Gasteiger partial charge in [0.05, 0.1) is 17.9 Å². The molecular formula is C27H38F6O9. The Morgan fingerprint density at radius 3 is 2.10 bits per heavy atom. The summed E-state index contributed by atoms with van der Waals surface area (Å²) < 4.78 is 116. The van der Waals surface area contributed by atoms with Gasteiger partial charge in [0.15, 0.2) is 18.2 Å². The summed E-state index contributed by atoms with van der Waals surface area (Å²) in [6, 6.07) is 0. The minimum Gasteiger partial charge on any atom is -0.457 e. The highest BCUT2D eigenvalue weighted by molar-refractivity contribution is 5.77. The van der Waals surface area contributed by atoms with Crippen LogP contribution in [0.25, 0.3) is 0 Å². The highest BCUT2D eigenvalue weighted by Crippen LogP contribution is 2.49. The Kier molecular flexibility index (Phi) is 9.50. The van der Waals surface area contributed by atoms with E-state index in [4.69, 9.17) is 28.4 Å².